The van der Waals surface area contributed by atoms with Crippen LogP contribution >= 0.6 is 0 Å². The maximum atomic E-state index is 12.7. The number of carbonyl (C=O) groups excluding carboxylic acids is 1. The molecular weight excluding hydrogens is 449 g/mol. The summed E-state index contributed by atoms with van der Waals surface area (Å²) in [4.78, 5) is 11.5. The summed E-state index contributed by atoms with van der Waals surface area (Å²) in [6.45, 7) is 0.334. The van der Waals surface area contributed by atoms with Crippen molar-refractivity contribution >= 4 is 16.9 Å². The average molecular weight is 470 g/mol. The molecule has 3 aromatic carbocycles. The number of furan rings is 1. The van der Waals surface area contributed by atoms with Crippen molar-refractivity contribution in [3.8, 4) is 11.5 Å². The zero-order chi connectivity index (χ0) is 24.1. The van der Waals surface area contributed by atoms with Crippen molar-refractivity contribution in [1.82, 2.24) is 0 Å². The van der Waals surface area contributed by atoms with Gasteiger partial charge in [0.2, 0.25) is 0 Å². The highest BCUT2D eigenvalue weighted by molar-refractivity contribution is 5.86. The summed E-state index contributed by atoms with van der Waals surface area (Å²) >= 11 is 0. The largest absolute Gasteiger partial charge is 0.489 e. The first-order chi connectivity index (χ1) is 16.3. The molecule has 0 aliphatic heterocycles. The molecule has 0 atom stereocenters. The van der Waals surface area contributed by atoms with Gasteiger partial charge in [-0.15, -0.1) is 0 Å². The van der Waals surface area contributed by atoms with E-state index in [-0.39, 0.29) is 25.6 Å². The molecule has 0 saturated carbocycles. The summed E-state index contributed by atoms with van der Waals surface area (Å²) in [5.41, 5.74) is 2.02. The van der Waals surface area contributed by atoms with Crippen LogP contribution in [0.25, 0.3) is 11.0 Å². The molecule has 4 aromatic rings. The Balaban J connectivity index is 1.40. The van der Waals surface area contributed by atoms with Gasteiger partial charge in [-0.2, -0.15) is 13.2 Å². The van der Waals surface area contributed by atoms with Crippen molar-refractivity contribution in [3.05, 3.63) is 95.2 Å². The summed E-state index contributed by atoms with van der Waals surface area (Å²) < 4.78 is 60.2. The van der Waals surface area contributed by atoms with Crippen LogP contribution in [0.15, 0.2) is 77.4 Å². The number of ether oxygens (including phenoxy) is 3. The first-order valence-corrected chi connectivity index (χ1v) is 10.4. The van der Waals surface area contributed by atoms with Crippen LogP contribution in [-0.4, -0.2) is 13.1 Å². The molecule has 0 radical (unpaired) electrons. The highest BCUT2D eigenvalue weighted by Gasteiger charge is 2.29. The lowest BCUT2D eigenvalue weighted by atomic mass is 10.1. The number of fused-ring (bicyclic) bond motifs is 1. The number of halogens is 3. The molecule has 0 bridgehead atoms. The summed E-state index contributed by atoms with van der Waals surface area (Å²) in [6, 6.07) is 17.5. The molecule has 0 aliphatic carbocycles. The summed E-state index contributed by atoms with van der Waals surface area (Å²) in [6.07, 6.45) is -2.73. The molecule has 0 amide bonds. The van der Waals surface area contributed by atoms with Crippen LogP contribution in [0.2, 0.25) is 0 Å². The Kier molecular flexibility index (Phi) is 6.77. The van der Waals surface area contributed by atoms with E-state index in [2.05, 4.69) is 0 Å². The third-order valence-electron chi connectivity index (χ3n) is 5.23. The number of benzene rings is 3. The van der Waals surface area contributed by atoms with Gasteiger partial charge in [-0.3, -0.25) is 4.79 Å². The van der Waals surface area contributed by atoms with E-state index in [0.29, 0.717) is 22.6 Å². The van der Waals surface area contributed by atoms with Crippen LogP contribution in [-0.2, 0) is 35.3 Å². The fourth-order valence-electron chi connectivity index (χ4n) is 3.39. The third kappa shape index (κ3) is 5.51. The highest BCUT2D eigenvalue weighted by Crippen LogP contribution is 2.30. The van der Waals surface area contributed by atoms with E-state index >= 15 is 0 Å². The first-order valence-electron chi connectivity index (χ1n) is 10.4. The van der Waals surface area contributed by atoms with Gasteiger partial charge in [-0.05, 0) is 35.9 Å². The van der Waals surface area contributed by atoms with Gasteiger partial charge in [-0.25, -0.2) is 0 Å². The predicted octanol–water partition coefficient (Wildman–Crippen LogP) is 6.33. The molecule has 0 unspecified atom stereocenters. The van der Waals surface area contributed by atoms with Gasteiger partial charge in [0.15, 0.2) is 0 Å². The van der Waals surface area contributed by atoms with Crippen molar-refractivity contribution in [2.75, 3.05) is 7.11 Å². The topological polar surface area (TPSA) is 57.9 Å². The molecule has 5 nitrogen and oxygen atoms in total. The Morgan fingerprint density at radius 3 is 2.41 bits per heavy atom. The highest BCUT2D eigenvalue weighted by atomic mass is 19.4. The first kappa shape index (κ1) is 23.2. The van der Waals surface area contributed by atoms with Crippen LogP contribution < -0.4 is 9.47 Å². The monoisotopic (exact) mass is 470 g/mol. The second kappa shape index (κ2) is 9.91. The Bertz CT molecular complexity index is 1280. The van der Waals surface area contributed by atoms with E-state index in [1.54, 1.807) is 18.2 Å². The number of rotatable bonds is 8. The van der Waals surface area contributed by atoms with Gasteiger partial charge in [-0.1, -0.05) is 30.3 Å². The van der Waals surface area contributed by atoms with Gasteiger partial charge < -0.3 is 18.6 Å². The van der Waals surface area contributed by atoms with Gasteiger partial charge >= 0.3 is 12.1 Å². The Morgan fingerprint density at radius 1 is 0.912 bits per heavy atom. The predicted molar refractivity (Wildman–Crippen MR) is 118 cm³/mol. The molecule has 0 saturated heterocycles. The Hall–Kier alpha value is -3.94. The van der Waals surface area contributed by atoms with Crippen LogP contribution in [0, 0.1) is 0 Å². The van der Waals surface area contributed by atoms with E-state index < -0.39 is 11.7 Å². The van der Waals surface area contributed by atoms with Crippen molar-refractivity contribution in [2.24, 2.45) is 0 Å². The molecule has 8 heteroatoms. The SMILES string of the molecule is COC(=O)Cc1coc2cc(OCc3ccccc3OCc3ccc(C(F)(F)F)cc3)ccc12. The van der Waals surface area contributed by atoms with Gasteiger partial charge in [0.1, 0.15) is 30.3 Å². The normalized spacial score (nSPS) is 11.4. The molecule has 0 aliphatic rings. The smallest absolute Gasteiger partial charge is 0.416 e. The number of methoxy groups -OCH3 is 1. The van der Waals surface area contributed by atoms with Gasteiger partial charge in [0.25, 0.3) is 0 Å². The van der Waals surface area contributed by atoms with E-state index in [1.165, 1.54) is 25.5 Å². The van der Waals surface area contributed by atoms with Crippen LogP contribution in [0.1, 0.15) is 22.3 Å². The molecular formula is C26H21F3O5. The lowest BCUT2D eigenvalue weighted by Gasteiger charge is -2.13. The standard InChI is InChI=1S/C26H21F3O5/c1-31-25(30)12-19-16-34-24-13-21(10-11-22(19)24)32-15-18-4-2-3-5-23(18)33-14-17-6-8-20(9-7-17)26(27,28)29/h2-11,13,16H,12,14-15H2,1H3. The Morgan fingerprint density at radius 2 is 1.68 bits per heavy atom. The molecule has 4 rings (SSSR count). The summed E-state index contributed by atoms with van der Waals surface area (Å²) in [7, 11) is 1.33. The lowest BCUT2D eigenvalue weighted by Crippen LogP contribution is -2.05. The minimum Gasteiger partial charge on any atom is -0.489 e. The second-order valence-corrected chi connectivity index (χ2v) is 7.55. The van der Waals surface area contributed by atoms with Crippen LogP contribution in [0.5, 0.6) is 11.5 Å². The molecule has 1 aromatic heterocycles. The van der Waals surface area contributed by atoms with Crippen molar-refractivity contribution < 1.29 is 36.6 Å². The van der Waals surface area contributed by atoms with Crippen molar-refractivity contribution in [1.29, 1.82) is 0 Å². The summed E-state index contributed by atoms with van der Waals surface area (Å²) in [5.74, 6) is 0.793. The van der Waals surface area contributed by atoms with E-state index in [9.17, 15) is 18.0 Å². The van der Waals surface area contributed by atoms with Crippen LogP contribution in [0.3, 0.4) is 0 Å². The lowest BCUT2D eigenvalue weighted by molar-refractivity contribution is -0.140. The fourth-order valence-corrected chi connectivity index (χ4v) is 3.39. The van der Waals surface area contributed by atoms with E-state index in [1.807, 2.05) is 24.3 Å². The minimum atomic E-state index is -4.37. The molecule has 0 N–H and O–H groups in total. The van der Waals surface area contributed by atoms with Gasteiger partial charge in [0.05, 0.1) is 25.4 Å². The van der Waals surface area contributed by atoms with Crippen molar-refractivity contribution in [2.45, 2.75) is 25.8 Å². The maximum absolute atomic E-state index is 12.7. The summed E-state index contributed by atoms with van der Waals surface area (Å²) in [5, 5.41) is 0.804. The number of hydrogen-bond acceptors (Lipinski definition) is 5. The molecule has 1 heterocycles. The molecule has 176 valence electrons. The number of hydrogen-bond donors (Lipinski definition) is 0. The maximum Gasteiger partial charge on any atom is 0.416 e. The van der Waals surface area contributed by atoms with Crippen LogP contribution in [0.4, 0.5) is 13.2 Å². The number of para-hydroxylation sites is 1. The van der Waals surface area contributed by atoms with E-state index in [0.717, 1.165) is 28.6 Å². The van der Waals surface area contributed by atoms with Crippen molar-refractivity contribution in [3.63, 3.8) is 0 Å². The molecule has 0 fully saturated rings. The third-order valence-corrected chi connectivity index (χ3v) is 5.23. The quantitative estimate of drug-likeness (QED) is 0.282. The zero-order valence-corrected chi connectivity index (χ0v) is 18.2. The average Bonchev–Trinajstić information content (AvgIpc) is 3.23. The Labute approximate surface area is 193 Å². The number of esters is 1. The number of alkyl halides is 3. The van der Waals surface area contributed by atoms with Gasteiger partial charge in [0, 0.05) is 22.6 Å². The fraction of sp³-hybridized carbons (Fsp3) is 0.192. The molecule has 0 spiro atoms. The van der Waals surface area contributed by atoms with E-state index in [4.69, 9.17) is 18.6 Å². The minimum absolute atomic E-state index is 0.118. The zero-order valence-electron chi connectivity index (χ0n) is 18.2. The molecule has 34 heavy (non-hydrogen) atoms. The number of carbonyl (C=O) groups is 1. The second-order valence-electron chi connectivity index (χ2n) is 7.55.